The van der Waals surface area contributed by atoms with Crippen LogP contribution in [0.3, 0.4) is 0 Å². The second kappa shape index (κ2) is 7.96. The molecule has 2 bridgehead atoms. The predicted molar refractivity (Wildman–Crippen MR) is 111 cm³/mol. The summed E-state index contributed by atoms with van der Waals surface area (Å²) in [6, 6.07) is 6.95. The summed E-state index contributed by atoms with van der Waals surface area (Å²) in [5, 5.41) is 8.33. The molecule has 3 fully saturated rings. The van der Waals surface area contributed by atoms with Crippen molar-refractivity contribution < 1.29 is 18.3 Å². The highest BCUT2D eigenvalue weighted by Crippen LogP contribution is 2.47. The third kappa shape index (κ3) is 3.51. The number of nitrogens with zero attached hydrogens (tertiary/aromatic N) is 5. The molecule has 0 unspecified atom stereocenters. The van der Waals surface area contributed by atoms with Crippen molar-refractivity contribution in [3.05, 3.63) is 65.7 Å². The lowest BCUT2D eigenvalue weighted by molar-refractivity contribution is -0.0673. The summed E-state index contributed by atoms with van der Waals surface area (Å²) >= 11 is 0. The fourth-order valence-electron chi connectivity index (χ4n) is 4.75. The van der Waals surface area contributed by atoms with Crippen LogP contribution in [0.15, 0.2) is 42.7 Å². The molecule has 7 nitrogen and oxygen atoms in total. The van der Waals surface area contributed by atoms with Crippen LogP contribution in [0.2, 0.25) is 0 Å². The molecular weight excluding hydrogens is 416 g/mol. The predicted octanol–water partition coefficient (Wildman–Crippen LogP) is 3.57. The minimum absolute atomic E-state index is 0.1000. The summed E-state index contributed by atoms with van der Waals surface area (Å²) in [5.74, 6) is -1.14. The fourth-order valence-corrected chi connectivity index (χ4v) is 4.75. The third-order valence-electron chi connectivity index (χ3n) is 6.65. The van der Waals surface area contributed by atoms with Gasteiger partial charge in [0.1, 0.15) is 18.0 Å². The molecule has 9 heteroatoms. The van der Waals surface area contributed by atoms with E-state index in [1.54, 1.807) is 18.5 Å². The van der Waals surface area contributed by atoms with E-state index in [0.717, 1.165) is 30.7 Å². The van der Waals surface area contributed by atoms with Gasteiger partial charge in [0.25, 0.3) is 5.91 Å². The molecule has 2 aliphatic heterocycles. The average molecular weight is 439 g/mol. The second-order valence-corrected chi connectivity index (χ2v) is 8.55. The van der Waals surface area contributed by atoms with Crippen LogP contribution in [-0.2, 0) is 0 Å². The third-order valence-corrected chi connectivity index (χ3v) is 6.65. The summed E-state index contributed by atoms with van der Waals surface area (Å²) in [4.78, 5) is 21.6. The molecule has 2 saturated heterocycles. The van der Waals surface area contributed by atoms with Gasteiger partial charge in [0.2, 0.25) is 0 Å². The van der Waals surface area contributed by atoms with Gasteiger partial charge in [-0.2, -0.15) is 10.2 Å². The Kier molecular flexibility index (Phi) is 5.11. The van der Waals surface area contributed by atoms with E-state index >= 15 is 0 Å². The molecule has 1 amide bonds. The number of aromatic nitrogens is 4. The molecule has 4 heterocycles. The summed E-state index contributed by atoms with van der Waals surface area (Å²) < 4.78 is 32.7. The smallest absolute Gasteiger partial charge is 0.275 e. The molecule has 0 spiro atoms. The molecule has 3 aliphatic rings. The number of carbonyl (C=O) groups excluding carboxylic acids is 1. The number of halogens is 2. The number of pyridine rings is 1. The summed E-state index contributed by atoms with van der Waals surface area (Å²) in [6.45, 7) is 4.13. The molecule has 2 atom stereocenters. The quantitative estimate of drug-likeness (QED) is 0.608. The van der Waals surface area contributed by atoms with Gasteiger partial charge < -0.3 is 9.64 Å². The van der Waals surface area contributed by atoms with Gasteiger partial charge in [0.05, 0.1) is 18.4 Å². The van der Waals surface area contributed by atoms with Gasteiger partial charge in [-0.3, -0.25) is 4.79 Å². The fraction of sp³-hybridized carbons (Fsp3) is 0.391. The second-order valence-electron chi connectivity index (χ2n) is 8.55. The Balaban J connectivity index is 1.45. The Labute approximate surface area is 184 Å². The first-order chi connectivity index (χ1) is 15.4. The molecule has 32 heavy (non-hydrogen) atoms. The number of hydrogen-bond acceptors (Lipinski definition) is 5. The van der Waals surface area contributed by atoms with Crippen LogP contribution in [0, 0.1) is 30.4 Å². The van der Waals surface area contributed by atoms with E-state index in [9.17, 15) is 13.6 Å². The van der Waals surface area contributed by atoms with Gasteiger partial charge in [-0.05, 0) is 55.9 Å². The highest BCUT2D eigenvalue weighted by Gasteiger charge is 2.51. The highest BCUT2D eigenvalue weighted by molar-refractivity contribution is 5.96. The van der Waals surface area contributed by atoms with Crippen molar-refractivity contribution in [2.75, 3.05) is 6.61 Å². The van der Waals surface area contributed by atoms with Gasteiger partial charge in [0, 0.05) is 17.8 Å². The van der Waals surface area contributed by atoms with E-state index in [1.165, 1.54) is 10.9 Å². The van der Waals surface area contributed by atoms with Crippen LogP contribution in [0.5, 0.6) is 5.75 Å². The van der Waals surface area contributed by atoms with Gasteiger partial charge in [-0.15, -0.1) is 4.80 Å². The first kappa shape index (κ1) is 20.5. The maximum atomic E-state index is 13.8. The van der Waals surface area contributed by atoms with Crippen LogP contribution in [0.25, 0.3) is 5.69 Å². The van der Waals surface area contributed by atoms with Crippen LogP contribution in [0.4, 0.5) is 8.78 Å². The molecule has 1 aliphatic carbocycles. The highest BCUT2D eigenvalue weighted by atomic mass is 19.2. The molecule has 1 aromatic carbocycles. The van der Waals surface area contributed by atoms with Crippen LogP contribution < -0.4 is 4.74 Å². The van der Waals surface area contributed by atoms with Crippen molar-refractivity contribution in [1.29, 1.82) is 0 Å². The number of hydrogen-bond donors (Lipinski definition) is 0. The van der Waals surface area contributed by atoms with E-state index in [0.29, 0.717) is 11.6 Å². The van der Waals surface area contributed by atoms with E-state index in [-0.39, 0.29) is 42.0 Å². The molecule has 166 valence electrons. The monoisotopic (exact) mass is 439 g/mol. The number of ether oxygens (including phenoxy) is 1. The maximum Gasteiger partial charge on any atom is 0.275 e. The van der Waals surface area contributed by atoms with Crippen molar-refractivity contribution in [3.8, 4) is 11.4 Å². The lowest BCUT2D eigenvalue weighted by Gasteiger charge is -2.57. The minimum Gasteiger partial charge on any atom is -0.491 e. The minimum atomic E-state index is -0.963. The Morgan fingerprint density at radius 1 is 1.12 bits per heavy atom. The van der Waals surface area contributed by atoms with E-state index in [1.807, 2.05) is 17.9 Å². The standard InChI is InChI=1S/C23H23F2N5O2/c1-13-3-6-20(30-26-7-8-27-30)22(28-13)23(31)29-16-9-15(10-16)14(2)21(29)12-32-17-4-5-18(24)19(25)11-17/h3-8,11,14-16,21H,9-10,12H2,1-2H3/t14-,15?,16?,21+/m0/s1. The number of fused-ring (bicyclic) bond motifs is 2. The number of rotatable bonds is 5. The Hall–Kier alpha value is -3.36. The Bertz CT molecular complexity index is 1150. The van der Waals surface area contributed by atoms with Gasteiger partial charge >= 0.3 is 0 Å². The normalized spacial score (nSPS) is 24.2. The van der Waals surface area contributed by atoms with Crippen molar-refractivity contribution in [2.45, 2.75) is 38.8 Å². The number of aryl methyl sites for hydroxylation is 1. The molecule has 0 radical (unpaired) electrons. The zero-order valence-corrected chi connectivity index (χ0v) is 17.8. The summed E-state index contributed by atoms with van der Waals surface area (Å²) in [7, 11) is 0. The number of carbonyl (C=O) groups is 1. The van der Waals surface area contributed by atoms with Crippen molar-refractivity contribution in [1.82, 2.24) is 24.9 Å². The van der Waals surface area contributed by atoms with Gasteiger partial charge in [-0.25, -0.2) is 13.8 Å². The van der Waals surface area contributed by atoms with Gasteiger partial charge in [-0.1, -0.05) is 6.92 Å². The summed E-state index contributed by atoms with van der Waals surface area (Å²) in [5.41, 5.74) is 1.52. The Morgan fingerprint density at radius 3 is 2.59 bits per heavy atom. The van der Waals surface area contributed by atoms with Crippen molar-refractivity contribution >= 4 is 5.91 Å². The SMILES string of the molecule is Cc1ccc(-n2nccn2)c(C(=O)N2C3CC(C3)[C@H](C)[C@H]2COc2ccc(F)c(F)c2)n1. The molecule has 1 saturated carbocycles. The first-order valence-electron chi connectivity index (χ1n) is 10.7. The zero-order valence-electron chi connectivity index (χ0n) is 17.8. The average Bonchev–Trinajstić information content (AvgIpc) is 3.28. The van der Waals surface area contributed by atoms with Crippen molar-refractivity contribution in [3.63, 3.8) is 0 Å². The molecule has 6 rings (SSSR count). The van der Waals surface area contributed by atoms with Crippen LogP contribution >= 0.6 is 0 Å². The van der Waals surface area contributed by atoms with Gasteiger partial charge in [0.15, 0.2) is 17.3 Å². The Morgan fingerprint density at radius 2 is 1.88 bits per heavy atom. The summed E-state index contributed by atoms with van der Waals surface area (Å²) in [6.07, 6.45) is 4.98. The zero-order chi connectivity index (χ0) is 22.4. The van der Waals surface area contributed by atoms with Crippen molar-refractivity contribution in [2.24, 2.45) is 11.8 Å². The molecule has 3 aromatic rings. The first-order valence-corrected chi connectivity index (χ1v) is 10.7. The van der Waals surface area contributed by atoms with E-state index in [4.69, 9.17) is 4.74 Å². The number of piperidine rings is 2. The van der Waals surface area contributed by atoms with E-state index in [2.05, 4.69) is 22.1 Å². The van der Waals surface area contributed by atoms with E-state index < -0.39 is 11.6 Å². The largest absolute Gasteiger partial charge is 0.491 e. The molecular formula is C23H23F2N5O2. The maximum absolute atomic E-state index is 13.8. The lowest BCUT2D eigenvalue weighted by Crippen LogP contribution is -2.64. The molecule has 2 aromatic heterocycles. The van der Waals surface area contributed by atoms with Crippen LogP contribution in [0.1, 0.15) is 35.9 Å². The molecule has 0 N–H and O–H groups in total. The van der Waals surface area contributed by atoms with Crippen LogP contribution in [-0.4, -0.2) is 49.5 Å². The topological polar surface area (TPSA) is 73.1 Å². The lowest BCUT2D eigenvalue weighted by atomic mass is 9.64. The number of amides is 1. The number of benzene rings is 1.